The Morgan fingerprint density at radius 3 is 2.48 bits per heavy atom. The van der Waals surface area contributed by atoms with Gasteiger partial charge in [-0.25, -0.2) is 4.39 Å². The first-order valence-electron chi connectivity index (χ1n) is 9.09. The van der Waals surface area contributed by atoms with Gasteiger partial charge in [-0.2, -0.15) is 0 Å². The van der Waals surface area contributed by atoms with Gasteiger partial charge in [0, 0.05) is 36.8 Å². The molecule has 1 saturated heterocycles. The third kappa shape index (κ3) is 4.25. The van der Waals surface area contributed by atoms with E-state index < -0.39 is 0 Å². The fraction of sp³-hybridized carbons (Fsp3) is 0.429. The van der Waals surface area contributed by atoms with Gasteiger partial charge in [0.2, 0.25) is 5.91 Å². The molecule has 4 heteroatoms. The molecular weight excluding hydrogens is 315 g/mol. The zero-order valence-corrected chi connectivity index (χ0v) is 15.0. The van der Waals surface area contributed by atoms with Gasteiger partial charge in [-0.05, 0) is 61.6 Å². The van der Waals surface area contributed by atoms with Crippen LogP contribution < -0.4 is 0 Å². The Balaban J connectivity index is 1.75. The second-order valence-corrected chi connectivity index (χ2v) is 6.83. The van der Waals surface area contributed by atoms with Gasteiger partial charge in [0.25, 0.3) is 0 Å². The zero-order chi connectivity index (χ0) is 17.8. The van der Waals surface area contributed by atoms with E-state index >= 15 is 0 Å². The van der Waals surface area contributed by atoms with Crippen molar-refractivity contribution in [2.75, 3.05) is 13.1 Å². The van der Waals surface area contributed by atoms with E-state index in [1.807, 2.05) is 24.8 Å². The number of aryl methyl sites for hydroxylation is 1. The highest BCUT2D eigenvalue weighted by molar-refractivity contribution is 5.76. The minimum Gasteiger partial charge on any atom is -0.343 e. The summed E-state index contributed by atoms with van der Waals surface area (Å²) in [5.74, 6) is 0.425. The number of hydrogen-bond donors (Lipinski definition) is 0. The van der Waals surface area contributed by atoms with Crippen LogP contribution in [0.15, 0.2) is 36.4 Å². The summed E-state index contributed by atoms with van der Waals surface area (Å²) >= 11 is 0. The van der Waals surface area contributed by atoms with Crippen LogP contribution in [0, 0.1) is 12.7 Å². The molecule has 0 unspecified atom stereocenters. The molecule has 0 saturated carbocycles. The topological polar surface area (TPSA) is 33.2 Å². The van der Waals surface area contributed by atoms with Crippen molar-refractivity contribution in [1.29, 1.82) is 0 Å². The molecule has 2 heterocycles. The Hall–Kier alpha value is -2.23. The lowest BCUT2D eigenvalue weighted by atomic mass is 9.91. The normalized spacial score (nSPS) is 15.4. The van der Waals surface area contributed by atoms with Crippen LogP contribution in [0.3, 0.4) is 0 Å². The van der Waals surface area contributed by atoms with Gasteiger partial charge >= 0.3 is 0 Å². The van der Waals surface area contributed by atoms with E-state index in [1.165, 1.54) is 12.1 Å². The van der Waals surface area contributed by atoms with Crippen LogP contribution >= 0.6 is 0 Å². The third-order valence-electron chi connectivity index (χ3n) is 4.88. The molecule has 0 spiro atoms. The summed E-state index contributed by atoms with van der Waals surface area (Å²) in [7, 11) is 0. The fourth-order valence-corrected chi connectivity index (χ4v) is 3.51. The molecule has 3 rings (SSSR count). The number of pyridine rings is 1. The van der Waals surface area contributed by atoms with Gasteiger partial charge in [0.1, 0.15) is 5.82 Å². The molecule has 132 valence electrons. The van der Waals surface area contributed by atoms with E-state index in [1.54, 1.807) is 12.1 Å². The lowest BCUT2D eigenvalue weighted by Gasteiger charge is -2.32. The molecule has 1 amide bonds. The number of benzene rings is 1. The number of nitrogens with zero attached hydrogens (tertiary/aromatic N) is 2. The Morgan fingerprint density at radius 1 is 1.16 bits per heavy atom. The van der Waals surface area contributed by atoms with Crippen molar-refractivity contribution in [2.45, 2.75) is 45.4 Å². The average molecular weight is 340 g/mol. The highest BCUT2D eigenvalue weighted by Crippen LogP contribution is 2.30. The van der Waals surface area contributed by atoms with Crippen molar-refractivity contribution in [2.24, 2.45) is 0 Å². The molecule has 0 bridgehead atoms. The molecule has 0 aliphatic carbocycles. The average Bonchev–Trinajstić information content (AvgIpc) is 2.62. The SMILES string of the molecule is CCCC(=O)N1CCC(c2cc(-c3ccc(F)cc3)cc(C)n2)CC1. The van der Waals surface area contributed by atoms with E-state index in [0.29, 0.717) is 12.3 Å². The third-order valence-corrected chi connectivity index (χ3v) is 4.88. The van der Waals surface area contributed by atoms with Gasteiger partial charge in [-0.3, -0.25) is 9.78 Å². The zero-order valence-electron chi connectivity index (χ0n) is 15.0. The number of amides is 1. The lowest BCUT2D eigenvalue weighted by Crippen LogP contribution is -2.37. The Labute approximate surface area is 148 Å². The van der Waals surface area contributed by atoms with E-state index in [-0.39, 0.29) is 11.7 Å². The quantitative estimate of drug-likeness (QED) is 0.808. The van der Waals surface area contributed by atoms with E-state index in [4.69, 9.17) is 4.98 Å². The van der Waals surface area contributed by atoms with E-state index in [2.05, 4.69) is 6.07 Å². The molecule has 1 aromatic heterocycles. The molecule has 25 heavy (non-hydrogen) atoms. The Morgan fingerprint density at radius 2 is 1.84 bits per heavy atom. The summed E-state index contributed by atoms with van der Waals surface area (Å²) in [6.45, 7) is 5.66. The minimum atomic E-state index is -0.223. The van der Waals surface area contributed by atoms with Crippen molar-refractivity contribution >= 4 is 5.91 Å². The maximum Gasteiger partial charge on any atom is 0.222 e. The molecule has 0 radical (unpaired) electrons. The predicted octanol–water partition coefficient (Wildman–Crippen LogP) is 4.70. The predicted molar refractivity (Wildman–Crippen MR) is 97.8 cm³/mol. The van der Waals surface area contributed by atoms with Crippen LogP contribution in [-0.4, -0.2) is 28.9 Å². The van der Waals surface area contributed by atoms with Crippen molar-refractivity contribution in [1.82, 2.24) is 9.88 Å². The summed E-state index contributed by atoms with van der Waals surface area (Å²) in [4.78, 5) is 18.8. The van der Waals surface area contributed by atoms with Crippen molar-refractivity contribution < 1.29 is 9.18 Å². The Kier molecular flexibility index (Phi) is 5.47. The molecule has 2 aromatic rings. The number of carbonyl (C=O) groups is 1. The van der Waals surface area contributed by atoms with Crippen molar-refractivity contribution in [3.63, 3.8) is 0 Å². The summed E-state index contributed by atoms with van der Waals surface area (Å²) in [6.07, 6.45) is 3.45. The summed E-state index contributed by atoms with van der Waals surface area (Å²) in [5, 5.41) is 0. The number of likely N-dealkylation sites (tertiary alicyclic amines) is 1. The summed E-state index contributed by atoms with van der Waals surface area (Å²) < 4.78 is 13.2. The highest BCUT2D eigenvalue weighted by atomic mass is 19.1. The number of aromatic nitrogens is 1. The molecule has 1 aliphatic heterocycles. The van der Waals surface area contributed by atoms with Crippen LogP contribution in [-0.2, 0) is 4.79 Å². The number of hydrogen-bond acceptors (Lipinski definition) is 2. The smallest absolute Gasteiger partial charge is 0.222 e. The van der Waals surface area contributed by atoms with Crippen LogP contribution in [0.2, 0.25) is 0 Å². The second kappa shape index (κ2) is 7.77. The number of rotatable bonds is 4. The van der Waals surface area contributed by atoms with Crippen molar-refractivity contribution in [3.05, 3.63) is 53.6 Å². The molecule has 1 fully saturated rings. The van der Waals surface area contributed by atoms with E-state index in [9.17, 15) is 9.18 Å². The first-order chi connectivity index (χ1) is 12.1. The standard InChI is InChI=1S/C21H25FN2O/c1-3-4-21(25)24-11-9-17(10-12-24)20-14-18(13-15(2)23-20)16-5-7-19(22)8-6-16/h5-8,13-14,17H,3-4,9-12H2,1-2H3. The number of piperidine rings is 1. The van der Waals surface area contributed by atoms with Gasteiger partial charge in [-0.15, -0.1) is 0 Å². The van der Waals surface area contributed by atoms with Crippen LogP contribution in [0.4, 0.5) is 4.39 Å². The Bertz CT molecular complexity index is 734. The maximum absolute atomic E-state index is 13.2. The molecule has 1 aromatic carbocycles. The van der Waals surface area contributed by atoms with Crippen LogP contribution in [0.25, 0.3) is 11.1 Å². The molecule has 3 nitrogen and oxygen atoms in total. The van der Waals surface area contributed by atoms with Gasteiger partial charge in [0.15, 0.2) is 0 Å². The number of carbonyl (C=O) groups excluding carboxylic acids is 1. The van der Waals surface area contributed by atoms with Crippen molar-refractivity contribution in [3.8, 4) is 11.1 Å². The first kappa shape index (κ1) is 17.6. The number of halogens is 1. The van der Waals surface area contributed by atoms with Gasteiger partial charge in [0.05, 0.1) is 0 Å². The molecule has 1 aliphatic rings. The van der Waals surface area contributed by atoms with E-state index in [0.717, 1.165) is 54.9 Å². The highest BCUT2D eigenvalue weighted by Gasteiger charge is 2.24. The monoisotopic (exact) mass is 340 g/mol. The molecule has 0 N–H and O–H groups in total. The first-order valence-corrected chi connectivity index (χ1v) is 9.09. The largest absolute Gasteiger partial charge is 0.343 e. The minimum absolute atomic E-state index is 0.223. The molecular formula is C21H25FN2O. The summed E-state index contributed by atoms with van der Waals surface area (Å²) in [5.41, 5.74) is 4.14. The van der Waals surface area contributed by atoms with Gasteiger partial charge < -0.3 is 4.90 Å². The molecule has 0 atom stereocenters. The van der Waals surface area contributed by atoms with Crippen LogP contribution in [0.1, 0.15) is 49.9 Å². The van der Waals surface area contributed by atoms with Crippen LogP contribution in [0.5, 0.6) is 0 Å². The maximum atomic E-state index is 13.2. The van der Waals surface area contributed by atoms with Gasteiger partial charge in [-0.1, -0.05) is 19.1 Å². The second-order valence-electron chi connectivity index (χ2n) is 6.83. The summed E-state index contributed by atoms with van der Waals surface area (Å²) in [6, 6.07) is 10.7. The fourth-order valence-electron chi connectivity index (χ4n) is 3.51. The lowest BCUT2D eigenvalue weighted by molar-refractivity contribution is -0.132.